The van der Waals surface area contributed by atoms with Gasteiger partial charge < -0.3 is 9.47 Å². The molecule has 6 nitrogen and oxygen atoms in total. The van der Waals surface area contributed by atoms with E-state index >= 15 is 0 Å². The minimum atomic E-state index is -0.390. The van der Waals surface area contributed by atoms with Gasteiger partial charge in [0, 0.05) is 24.7 Å². The van der Waals surface area contributed by atoms with Crippen LogP contribution in [0.15, 0.2) is 61.1 Å². The zero-order valence-electron chi connectivity index (χ0n) is 15.6. The molecule has 1 amide bonds. The number of halogens is 1. The largest absolute Gasteiger partial charge is 0.339 e. The molecule has 28 heavy (non-hydrogen) atoms. The van der Waals surface area contributed by atoms with Crippen molar-refractivity contribution in [3.8, 4) is 11.3 Å². The van der Waals surface area contributed by atoms with Crippen LogP contribution in [0.5, 0.6) is 0 Å². The summed E-state index contributed by atoms with van der Waals surface area (Å²) >= 11 is 0. The summed E-state index contributed by atoms with van der Waals surface area (Å²) in [6.07, 6.45) is 3.39. The molecule has 0 bridgehead atoms. The smallest absolute Gasteiger partial charge is 0.245 e. The topological polar surface area (TPSA) is 66.8 Å². The van der Waals surface area contributed by atoms with Crippen LogP contribution in [-0.2, 0) is 11.3 Å². The number of rotatable bonds is 5. The van der Waals surface area contributed by atoms with Crippen LogP contribution in [0, 0.1) is 5.82 Å². The average Bonchev–Trinajstić information content (AvgIpc) is 3.34. The number of aromatic amines is 1. The lowest BCUT2D eigenvalue weighted by atomic mass is 10.1. The van der Waals surface area contributed by atoms with Gasteiger partial charge in [-0.2, -0.15) is 5.10 Å². The Labute approximate surface area is 161 Å². The first-order valence-electron chi connectivity index (χ1n) is 8.99. The third kappa shape index (κ3) is 3.26. The van der Waals surface area contributed by atoms with Gasteiger partial charge in [-0.1, -0.05) is 12.1 Å². The number of carbonyl (C=O) groups excluding carboxylic acids is 1. The predicted octanol–water partition coefficient (Wildman–Crippen LogP) is 3.79. The van der Waals surface area contributed by atoms with Gasteiger partial charge >= 0.3 is 0 Å². The van der Waals surface area contributed by atoms with Gasteiger partial charge in [0.05, 0.1) is 29.3 Å². The van der Waals surface area contributed by atoms with Crippen LogP contribution in [0.4, 0.5) is 4.39 Å². The normalized spacial score (nSPS) is 12.2. The van der Waals surface area contributed by atoms with Gasteiger partial charge in [0.25, 0.3) is 0 Å². The third-order valence-electron chi connectivity index (χ3n) is 4.89. The van der Waals surface area contributed by atoms with Crippen molar-refractivity contribution >= 4 is 16.9 Å². The standard InChI is InChI=1S/C21H20FN5O/c1-14(27-13-23-18-5-3-4-6-19(18)27)21(28)26(2)12-16-11-24-25-20(16)15-7-9-17(22)10-8-15/h3-11,13-14H,12H2,1-2H3,(H,24,25). The van der Waals surface area contributed by atoms with Crippen LogP contribution in [0.2, 0.25) is 0 Å². The summed E-state index contributed by atoms with van der Waals surface area (Å²) in [5, 5.41) is 7.04. The van der Waals surface area contributed by atoms with Crippen molar-refractivity contribution in [1.29, 1.82) is 0 Å². The van der Waals surface area contributed by atoms with Crippen LogP contribution >= 0.6 is 0 Å². The maximum atomic E-state index is 13.2. The van der Waals surface area contributed by atoms with Crippen LogP contribution in [-0.4, -0.2) is 37.6 Å². The number of aromatic nitrogens is 4. The second kappa shape index (κ2) is 7.26. The number of likely N-dealkylation sites (N-methyl/N-ethyl adjacent to an activating group) is 1. The van der Waals surface area contributed by atoms with E-state index in [9.17, 15) is 9.18 Å². The van der Waals surface area contributed by atoms with Crippen molar-refractivity contribution in [1.82, 2.24) is 24.6 Å². The fraction of sp³-hybridized carbons (Fsp3) is 0.190. The molecule has 0 fully saturated rings. The quantitative estimate of drug-likeness (QED) is 0.575. The summed E-state index contributed by atoms with van der Waals surface area (Å²) in [4.78, 5) is 19.0. The van der Waals surface area contributed by atoms with E-state index in [4.69, 9.17) is 0 Å². The van der Waals surface area contributed by atoms with Gasteiger partial charge in [-0.3, -0.25) is 9.89 Å². The number of fused-ring (bicyclic) bond motifs is 1. The van der Waals surface area contributed by atoms with Crippen molar-refractivity contribution in [2.45, 2.75) is 19.5 Å². The summed E-state index contributed by atoms with van der Waals surface area (Å²) in [6, 6.07) is 13.5. The number of amides is 1. The number of nitrogens with one attached hydrogen (secondary N) is 1. The summed E-state index contributed by atoms with van der Waals surface area (Å²) in [7, 11) is 1.76. The van der Waals surface area contributed by atoms with Crippen molar-refractivity contribution in [2.24, 2.45) is 0 Å². The zero-order chi connectivity index (χ0) is 19.7. The van der Waals surface area contributed by atoms with Crippen molar-refractivity contribution < 1.29 is 9.18 Å². The highest BCUT2D eigenvalue weighted by molar-refractivity contribution is 5.83. The lowest BCUT2D eigenvalue weighted by Crippen LogP contribution is -2.32. The van der Waals surface area contributed by atoms with Crippen LogP contribution in [0.1, 0.15) is 18.5 Å². The summed E-state index contributed by atoms with van der Waals surface area (Å²) in [5.41, 5.74) is 4.25. The van der Waals surface area contributed by atoms with E-state index in [1.165, 1.54) is 12.1 Å². The lowest BCUT2D eigenvalue weighted by molar-refractivity contribution is -0.133. The zero-order valence-corrected chi connectivity index (χ0v) is 15.6. The highest BCUT2D eigenvalue weighted by Crippen LogP contribution is 2.24. The molecule has 142 valence electrons. The number of nitrogens with zero attached hydrogens (tertiary/aromatic N) is 4. The Morgan fingerprint density at radius 2 is 1.96 bits per heavy atom. The van der Waals surface area contributed by atoms with E-state index in [1.807, 2.05) is 35.8 Å². The molecule has 0 saturated carbocycles. The molecule has 0 spiro atoms. The van der Waals surface area contributed by atoms with E-state index in [0.717, 1.165) is 27.9 Å². The van der Waals surface area contributed by atoms with Gasteiger partial charge in [0.1, 0.15) is 11.9 Å². The van der Waals surface area contributed by atoms with Crippen LogP contribution < -0.4 is 0 Å². The molecule has 0 aliphatic rings. The van der Waals surface area contributed by atoms with Crippen LogP contribution in [0.25, 0.3) is 22.3 Å². The second-order valence-electron chi connectivity index (χ2n) is 6.79. The molecule has 2 aromatic carbocycles. The van der Waals surface area contributed by atoms with Crippen molar-refractivity contribution in [3.05, 3.63) is 72.4 Å². The van der Waals surface area contributed by atoms with E-state index in [1.54, 1.807) is 36.6 Å². The number of carbonyl (C=O) groups is 1. The summed E-state index contributed by atoms with van der Waals surface area (Å²) < 4.78 is 15.1. The Kier molecular flexibility index (Phi) is 4.65. The molecule has 0 saturated heterocycles. The summed E-state index contributed by atoms with van der Waals surface area (Å²) in [6.45, 7) is 2.25. The molecule has 0 aliphatic heterocycles. The molecule has 1 atom stereocenters. The Balaban J connectivity index is 1.54. The Morgan fingerprint density at radius 3 is 2.75 bits per heavy atom. The van der Waals surface area contributed by atoms with Crippen molar-refractivity contribution in [3.63, 3.8) is 0 Å². The van der Waals surface area contributed by atoms with Crippen LogP contribution in [0.3, 0.4) is 0 Å². The second-order valence-corrected chi connectivity index (χ2v) is 6.79. The minimum Gasteiger partial charge on any atom is -0.339 e. The first-order valence-corrected chi connectivity index (χ1v) is 8.99. The molecule has 2 aromatic heterocycles. The molecule has 0 aliphatic carbocycles. The molecular weight excluding hydrogens is 357 g/mol. The molecule has 4 rings (SSSR count). The predicted molar refractivity (Wildman–Crippen MR) is 105 cm³/mol. The lowest BCUT2D eigenvalue weighted by Gasteiger charge is -2.22. The molecular formula is C21H20FN5O. The highest BCUT2D eigenvalue weighted by Gasteiger charge is 2.22. The molecule has 4 aromatic rings. The molecule has 7 heteroatoms. The molecule has 1 N–H and O–H groups in total. The maximum absolute atomic E-state index is 13.2. The highest BCUT2D eigenvalue weighted by atomic mass is 19.1. The minimum absolute atomic E-state index is 0.0330. The van der Waals surface area contributed by atoms with Gasteiger partial charge in [0.15, 0.2) is 0 Å². The molecule has 2 heterocycles. The van der Waals surface area contributed by atoms with Gasteiger partial charge in [-0.25, -0.2) is 9.37 Å². The Hall–Kier alpha value is -3.48. The fourth-order valence-electron chi connectivity index (χ4n) is 3.36. The van der Waals surface area contributed by atoms with E-state index in [-0.39, 0.29) is 11.7 Å². The average molecular weight is 377 g/mol. The number of H-pyrrole nitrogens is 1. The van der Waals surface area contributed by atoms with E-state index < -0.39 is 6.04 Å². The Morgan fingerprint density at radius 1 is 1.21 bits per heavy atom. The molecule has 1 unspecified atom stereocenters. The molecule has 0 radical (unpaired) electrons. The summed E-state index contributed by atoms with van der Waals surface area (Å²) in [5.74, 6) is -0.326. The van der Waals surface area contributed by atoms with E-state index in [2.05, 4.69) is 15.2 Å². The first kappa shape index (κ1) is 17.9. The first-order chi connectivity index (χ1) is 13.5. The third-order valence-corrected chi connectivity index (χ3v) is 4.89. The number of benzene rings is 2. The SMILES string of the molecule is CC(C(=O)N(C)Cc1cn[nH]c1-c1ccc(F)cc1)n1cnc2ccccc21. The number of imidazole rings is 1. The fourth-order valence-corrected chi connectivity index (χ4v) is 3.36. The number of para-hydroxylation sites is 2. The van der Waals surface area contributed by atoms with E-state index in [0.29, 0.717) is 6.54 Å². The monoisotopic (exact) mass is 377 g/mol. The number of hydrogen-bond acceptors (Lipinski definition) is 3. The number of hydrogen-bond donors (Lipinski definition) is 1. The van der Waals surface area contributed by atoms with Gasteiger partial charge in [-0.15, -0.1) is 0 Å². The van der Waals surface area contributed by atoms with Gasteiger partial charge in [0.2, 0.25) is 5.91 Å². The maximum Gasteiger partial charge on any atom is 0.245 e. The Bertz CT molecular complexity index is 1120. The van der Waals surface area contributed by atoms with Gasteiger partial charge in [-0.05, 0) is 43.3 Å². The van der Waals surface area contributed by atoms with Crippen molar-refractivity contribution in [2.75, 3.05) is 7.05 Å².